The van der Waals surface area contributed by atoms with Gasteiger partial charge in [-0.3, -0.25) is 4.90 Å². The highest BCUT2D eigenvalue weighted by Gasteiger charge is 2.20. The molecule has 0 fully saturated rings. The summed E-state index contributed by atoms with van der Waals surface area (Å²) in [6, 6.07) is 57.2. The third-order valence-corrected chi connectivity index (χ3v) is 8.17. The molecular formula is C41H28N2O. The van der Waals surface area contributed by atoms with Crippen LogP contribution in [0.25, 0.3) is 55.3 Å². The first kappa shape index (κ1) is 25.8. The fourth-order valence-corrected chi connectivity index (χ4v) is 5.91. The molecule has 0 saturated carbocycles. The molecule has 208 valence electrons. The van der Waals surface area contributed by atoms with Crippen molar-refractivity contribution in [2.24, 2.45) is 0 Å². The lowest BCUT2D eigenvalue weighted by atomic mass is 10.00. The van der Waals surface area contributed by atoms with Crippen molar-refractivity contribution in [1.82, 2.24) is 4.98 Å². The van der Waals surface area contributed by atoms with E-state index in [0.717, 1.165) is 44.7 Å². The summed E-state index contributed by atoms with van der Waals surface area (Å²) >= 11 is 0. The maximum absolute atomic E-state index is 6.44. The lowest BCUT2D eigenvalue weighted by Crippen LogP contribution is -2.11. The summed E-state index contributed by atoms with van der Waals surface area (Å²) < 4.78 is 6.44. The quantitative estimate of drug-likeness (QED) is 0.201. The fourth-order valence-electron chi connectivity index (χ4n) is 5.91. The maximum Gasteiger partial charge on any atom is 0.181 e. The summed E-state index contributed by atoms with van der Waals surface area (Å²) in [5, 5.41) is 2.13. The number of pyridine rings is 1. The van der Waals surface area contributed by atoms with Crippen LogP contribution in [0.4, 0.5) is 17.2 Å². The molecule has 0 amide bonds. The van der Waals surface area contributed by atoms with Gasteiger partial charge in [-0.25, -0.2) is 4.98 Å². The number of hydrogen-bond donors (Lipinski definition) is 0. The summed E-state index contributed by atoms with van der Waals surface area (Å²) in [7, 11) is 0. The lowest BCUT2D eigenvalue weighted by molar-refractivity contribution is 0.667. The Morgan fingerprint density at radius 1 is 0.386 bits per heavy atom. The smallest absolute Gasteiger partial charge is 0.181 e. The highest BCUT2D eigenvalue weighted by atomic mass is 16.3. The zero-order valence-corrected chi connectivity index (χ0v) is 24.0. The van der Waals surface area contributed by atoms with Gasteiger partial charge >= 0.3 is 0 Å². The van der Waals surface area contributed by atoms with Gasteiger partial charge in [-0.05, 0) is 69.8 Å². The second-order valence-electron chi connectivity index (χ2n) is 10.8. The second kappa shape index (κ2) is 11.0. The van der Waals surface area contributed by atoms with E-state index in [-0.39, 0.29) is 0 Å². The summed E-state index contributed by atoms with van der Waals surface area (Å²) in [5.74, 6) is 0.756. The van der Waals surface area contributed by atoms with Crippen LogP contribution in [0.3, 0.4) is 0 Å². The Bertz CT molecular complexity index is 2180. The number of para-hydroxylation sites is 1. The van der Waals surface area contributed by atoms with Gasteiger partial charge in [0.2, 0.25) is 0 Å². The number of nitrogens with zero attached hydrogens (tertiary/aromatic N) is 2. The molecule has 0 N–H and O–H groups in total. The van der Waals surface area contributed by atoms with Gasteiger partial charge in [0, 0.05) is 28.3 Å². The van der Waals surface area contributed by atoms with Crippen molar-refractivity contribution < 1.29 is 4.42 Å². The zero-order chi connectivity index (χ0) is 29.3. The van der Waals surface area contributed by atoms with Crippen molar-refractivity contribution in [3.63, 3.8) is 0 Å². The predicted octanol–water partition coefficient (Wildman–Crippen LogP) is 11.5. The molecule has 0 radical (unpaired) electrons. The molecule has 0 aliphatic heterocycles. The Morgan fingerprint density at radius 3 is 1.34 bits per heavy atom. The van der Waals surface area contributed by atoms with Gasteiger partial charge < -0.3 is 4.42 Å². The van der Waals surface area contributed by atoms with Crippen LogP contribution >= 0.6 is 0 Å². The molecule has 0 unspecified atom stereocenters. The summed E-state index contributed by atoms with van der Waals surface area (Å²) in [6.45, 7) is 0. The van der Waals surface area contributed by atoms with Crippen molar-refractivity contribution in [2.75, 3.05) is 4.90 Å². The number of rotatable bonds is 6. The average Bonchev–Trinajstić information content (AvgIpc) is 3.50. The first-order chi connectivity index (χ1) is 21.8. The van der Waals surface area contributed by atoms with Gasteiger partial charge in [0.25, 0.3) is 0 Å². The molecule has 3 heteroatoms. The number of fused-ring (bicyclic) bond motifs is 3. The summed E-state index contributed by atoms with van der Waals surface area (Å²) in [5.41, 5.74) is 10.7. The highest BCUT2D eigenvalue weighted by molar-refractivity contribution is 6.09. The molecule has 2 heterocycles. The van der Waals surface area contributed by atoms with Crippen molar-refractivity contribution >= 4 is 39.1 Å². The number of furan rings is 1. The monoisotopic (exact) mass is 564 g/mol. The van der Waals surface area contributed by atoms with E-state index in [1.807, 2.05) is 42.6 Å². The molecule has 8 rings (SSSR count). The van der Waals surface area contributed by atoms with Crippen LogP contribution in [-0.4, -0.2) is 4.98 Å². The van der Waals surface area contributed by atoms with E-state index in [1.54, 1.807) is 0 Å². The molecule has 0 saturated heterocycles. The maximum atomic E-state index is 6.44. The van der Waals surface area contributed by atoms with E-state index in [0.29, 0.717) is 0 Å². The third kappa shape index (κ3) is 4.71. The summed E-state index contributed by atoms with van der Waals surface area (Å²) in [6.07, 6.45) is 1.87. The van der Waals surface area contributed by atoms with Gasteiger partial charge in [0.15, 0.2) is 11.4 Å². The van der Waals surface area contributed by atoms with Crippen LogP contribution in [0.2, 0.25) is 0 Å². The van der Waals surface area contributed by atoms with Crippen LogP contribution in [0.1, 0.15) is 0 Å². The third-order valence-electron chi connectivity index (χ3n) is 8.17. The van der Waals surface area contributed by atoms with Gasteiger partial charge in [-0.15, -0.1) is 0 Å². The Hall–Kier alpha value is -5.93. The van der Waals surface area contributed by atoms with Crippen LogP contribution in [0, 0.1) is 0 Å². The SMILES string of the molecule is c1ccc(-c2ccc(-c3ccc(N(c4ccc(-c5ccccc5)cc4)c4nccc5c4oc4ccccc45)cc3)cc2)cc1. The van der Waals surface area contributed by atoms with Crippen LogP contribution in [0.5, 0.6) is 0 Å². The predicted molar refractivity (Wildman–Crippen MR) is 183 cm³/mol. The minimum atomic E-state index is 0.756. The van der Waals surface area contributed by atoms with Crippen molar-refractivity contribution in [2.45, 2.75) is 0 Å². The van der Waals surface area contributed by atoms with E-state index in [1.165, 1.54) is 27.8 Å². The first-order valence-corrected chi connectivity index (χ1v) is 14.8. The molecule has 8 aromatic rings. The topological polar surface area (TPSA) is 29.3 Å². The molecule has 0 aliphatic carbocycles. The standard InChI is InChI=1S/C41H28N2O/c1-3-9-29(10-4-1)31-15-17-32(18-16-31)34-21-25-36(26-22-34)43(35-23-19-33(20-24-35)30-11-5-2-6-12-30)41-40-38(27-28-42-41)37-13-7-8-14-39(37)44-40/h1-28H. The van der Waals surface area contributed by atoms with E-state index < -0.39 is 0 Å². The van der Waals surface area contributed by atoms with Crippen LogP contribution in [-0.2, 0) is 0 Å². The number of benzene rings is 6. The van der Waals surface area contributed by atoms with E-state index in [2.05, 4.69) is 132 Å². The molecule has 0 atom stereocenters. The summed E-state index contributed by atoms with van der Waals surface area (Å²) in [4.78, 5) is 7.07. The normalized spacial score (nSPS) is 11.2. The fraction of sp³-hybridized carbons (Fsp3) is 0. The van der Waals surface area contributed by atoms with E-state index in [9.17, 15) is 0 Å². The number of aromatic nitrogens is 1. The van der Waals surface area contributed by atoms with E-state index >= 15 is 0 Å². The van der Waals surface area contributed by atoms with Crippen molar-refractivity contribution in [3.05, 3.63) is 170 Å². The molecule has 0 aliphatic rings. The molecule has 2 aromatic heterocycles. The van der Waals surface area contributed by atoms with Gasteiger partial charge in [0.05, 0.1) is 0 Å². The molecule has 44 heavy (non-hydrogen) atoms. The first-order valence-electron chi connectivity index (χ1n) is 14.8. The van der Waals surface area contributed by atoms with Gasteiger partial charge in [-0.2, -0.15) is 0 Å². The van der Waals surface area contributed by atoms with Crippen LogP contribution < -0.4 is 4.90 Å². The second-order valence-corrected chi connectivity index (χ2v) is 10.8. The zero-order valence-electron chi connectivity index (χ0n) is 24.0. The molecule has 6 aromatic carbocycles. The minimum absolute atomic E-state index is 0.756. The van der Waals surface area contributed by atoms with Crippen LogP contribution in [0.15, 0.2) is 174 Å². The van der Waals surface area contributed by atoms with Gasteiger partial charge in [-0.1, -0.05) is 127 Å². The Balaban J connectivity index is 1.21. The van der Waals surface area contributed by atoms with Crippen molar-refractivity contribution in [3.8, 4) is 33.4 Å². The molecule has 3 nitrogen and oxygen atoms in total. The lowest BCUT2D eigenvalue weighted by Gasteiger charge is -2.24. The van der Waals surface area contributed by atoms with Crippen molar-refractivity contribution in [1.29, 1.82) is 0 Å². The number of hydrogen-bond acceptors (Lipinski definition) is 3. The highest BCUT2D eigenvalue weighted by Crippen LogP contribution is 2.41. The average molecular weight is 565 g/mol. The number of anilines is 3. The largest absolute Gasteiger partial charge is 0.452 e. The Kier molecular flexibility index (Phi) is 6.47. The minimum Gasteiger partial charge on any atom is -0.452 e. The Morgan fingerprint density at radius 2 is 0.818 bits per heavy atom. The molecular weight excluding hydrogens is 536 g/mol. The Labute approximate surface area is 256 Å². The molecule has 0 bridgehead atoms. The van der Waals surface area contributed by atoms with Gasteiger partial charge in [0.1, 0.15) is 5.58 Å². The molecule has 0 spiro atoms. The van der Waals surface area contributed by atoms with E-state index in [4.69, 9.17) is 9.40 Å².